The Morgan fingerprint density at radius 1 is 1.12 bits per heavy atom. The van der Waals surface area contributed by atoms with E-state index in [9.17, 15) is 14.0 Å². The van der Waals surface area contributed by atoms with E-state index >= 15 is 0 Å². The fraction of sp³-hybridized carbons (Fsp3) is 0.200. The van der Waals surface area contributed by atoms with Crippen LogP contribution in [-0.2, 0) is 17.9 Å². The molecular weight excluding hydrogens is 439 g/mol. The normalized spacial score (nSPS) is 12.0. The highest BCUT2D eigenvalue weighted by atomic mass is 32.2. The fourth-order valence-corrected chi connectivity index (χ4v) is 4.58. The molecule has 4 rings (SSSR count). The maximum Gasteiger partial charge on any atom is 0.262 e. The zero-order valence-corrected chi connectivity index (χ0v) is 19.1. The summed E-state index contributed by atoms with van der Waals surface area (Å²) < 4.78 is 15.1. The van der Waals surface area contributed by atoms with Crippen LogP contribution in [-0.4, -0.2) is 37.6 Å². The molecule has 0 aliphatic heterocycles. The lowest BCUT2D eigenvalue weighted by atomic mass is 10.2. The second-order valence-electron chi connectivity index (χ2n) is 7.75. The van der Waals surface area contributed by atoms with E-state index in [1.165, 1.54) is 23.9 Å². The summed E-state index contributed by atoms with van der Waals surface area (Å²) in [6, 6.07) is 17.1. The summed E-state index contributed by atoms with van der Waals surface area (Å²) in [6.45, 7) is 2.37. The summed E-state index contributed by atoms with van der Waals surface area (Å²) in [6.07, 6.45) is 3.38. The van der Waals surface area contributed by atoms with Gasteiger partial charge in [0, 0.05) is 26.0 Å². The molecule has 4 aromatic rings. The van der Waals surface area contributed by atoms with E-state index in [0.717, 1.165) is 5.56 Å². The van der Waals surface area contributed by atoms with Crippen LogP contribution in [0.5, 0.6) is 0 Å². The van der Waals surface area contributed by atoms with Crippen molar-refractivity contribution in [2.45, 2.75) is 30.4 Å². The first-order valence-electron chi connectivity index (χ1n) is 10.5. The van der Waals surface area contributed by atoms with Crippen molar-refractivity contribution in [1.82, 2.24) is 19.4 Å². The Morgan fingerprint density at radius 2 is 1.91 bits per heavy atom. The van der Waals surface area contributed by atoms with Crippen molar-refractivity contribution in [2.24, 2.45) is 0 Å². The molecule has 1 amide bonds. The minimum absolute atomic E-state index is 0.139. The quantitative estimate of drug-likeness (QED) is 0.305. The summed E-state index contributed by atoms with van der Waals surface area (Å²) in [4.78, 5) is 36.7. The number of pyridine rings is 1. The van der Waals surface area contributed by atoms with Crippen LogP contribution >= 0.6 is 11.8 Å². The molecule has 0 N–H and O–H groups in total. The van der Waals surface area contributed by atoms with Gasteiger partial charge in [-0.15, -0.1) is 0 Å². The molecule has 168 valence electrons. The molecule has 0 radical (unpaired) electrons. The van der Waals surface area contributed by atoms with Crippen molar-refractivity contribution in [2.75, 3.05) is 7.05 Å². The second-order valence-corrected chi connectivity index (χ2v) is 9.06. The Morgan fingerprint density at radius 3 is 2.67 bits per heavy atom. The predicted molar refractivity (Wildman–Crippen MR) is 128 cm³/mol. The minimum Gasteiger partial charge on any atom is -0.340 e. The molecule has 0 spiro atoms. The third kappa shape index (κ3) is 5.28. The third-order valence-electron chi connectivity index (χ3n) is 5.21. The minimum atomic E-state index is -0.503. The molecule has 2 aromatic carbocycles. The van der Waals surface area contributed by atoms with E-state index in [2.05, 4.69) is 4.98 Å². The maximum atomic E-state index is 13.5. The van der Waals surface area contributed by atoms with E-state index in [0.29, 0.717) is 28.2 Å². The standard InChI is InChI=1S/C25H23FN4O2S/c1-17(23(31)29(2)15-18-7-5-9-20(26)13-18)33-25-28-22-11-4-3-10-21(22)24(32)30(25)16-19-8-6-12-27-14-19/h3-14,17H,15-16H2,1-2H3. The van der Waals surface area contributed by atoms with Crippen LogP contribution in [0.15, 0.2) is 83.0 Å². The lowest BCUT2D eigenvalue weighted by molar-refractivity contribution is -0.129. The number of halogens is 1. The summed E-state index contributed by atoms with van der Waals surface area (Å²) in [5.74, 6) is -0.477. The number of amides is 1. The number of benzene rings is 2. The summed E-state index contributed by atoms with van der Waals surface area (Å²) in [7, 11) is 1.68. The average molecular weight is 463 g/mol. The first-order valence-corrected chi connectivity index (χ1v) is 11.3. The van der Waals surface area contributed by atoms with Gasteiger partial charge in [0.2, 0.25) is 5.91 Å². The van der Waals surface area contributed by atoms with Crippen molar-refractivity contribution in [3.63, 3.8) is 0 Å². The summed E-state index contributed by atoms with van der Waals surface area (Å²) >= 11 is 1.23. The Balaban J connectivity index is 1.61. The number of thioether (sulfide) groups is 1. The molecular formula is C25H23FN4O2S. The van der Waals surface area contributed by atoms with Crippen LogP contribution in [0, 0.1) is 5.82 Å². The van der Waals surface area contributed by atoms with Crippen molar-refractivity contribution < 1.29 is 9.18 Å². The number of aromatic nitrogens is 3. The van der Waals surface area contributed by atoms with Gasteiger partial charge in [-0.2, -0.15) is 0 Å². The van der Waals surface area contributed by atoms with Gasteiger partial charge in [-0.3, -0.25) is 19.1 Å². The van der Waals surface area contributed by atoms with Crippen LogP contribution < -0.4 is 5.56 Å². The van der Waals surface area contributed by atoms with Crippen LogP contribution in [0.3, 0.4) is 0 Å². The molecule has 0 saturated carbocycles. The molecule has 0 aliphatic carbocycles. The molecule has 8 heteroatoms. The number of para-hydroxylation sites is 1. The molecule has 0 fully saturated rings. The molecule has 1 atom stereocenters. The lowest BCUT2D eigenvalue weighted by Crippen LogP contribution is -2.33. The predicted octanol–water partition coefficient (Wildman–Crippen LogP) is 4.12. The zero-order valence-electron chi connectivity index (χ0n) is 18.3. The van der Waals surface area contributed by atoms with Gasteiger partial charge in [0.05, 0.1) is 22.7 Å². The van der Waals surface area contributed by atoms with E-state index in [4.69, 9.17) is 4.98 Å². The average Bonchev–Trinajstić information content (AvgIpc) is 2.81. The first-order chi connectivity index (χ1) is 15.9. The largest absolute Gasteiger partial charge is 0.340 e. The van der Waals surface area contributed by atoms with Gasteiger partial charge >= 0.3 is 0 Å². The highest BCUT2D eigenvalue weighted by Gasteiger charge is 2.22. The van der Waals surface area contributed by atoms with E-state index in [1.54, 1.807) is 66.2 Å². The zero-order chi connectivity index (χ0) is 23.4. The molecule has 0 aliphatic rings. The number of carbonyl (C=O) groups is 1. The number of fused-ring (bicyclic) bond motifs is 1. The topological polar surface area (TPSA) is 68.1 Å². The summed E-state index contributed by atoms with van der Waals surface area (Å²) in [5.41, 5.74) is 1.99. The van der Waals surface area contributed by atoms with Crippen molar-refractivity contribution in [3.05, 3.63) is 100 Å². The highest BCUT2D eigenvalue weighted by Crippen LogP contribution is 2.25. The number of hydrogen-bond donors (Lipinski definition) is 0. The number of carbonyl (C=O) groups excluding carboxylic acids is 1. The molecule has 6 nitrogen and oxygen atoms in total. The van der Waals surface area contributed by atoms with Gasteiger partial charge in [-0.1, -0.05) is 42.1 Å². The summed E-state index contributed by atoms with van der Waals surface area (Å²) in [5, 5.41) is 0.479. The number of nitrogens with zero attached hydrogens (tertiary/aromatic N) is 4. The Hall–Kier alpha value is -3.52. The molecule has 2 heterocycles. The van der Waals surface area contributed by atoms with Crippen LogP contribution in [0.1, 0.15) is 18.1 Å². The van der Waals surface area contributed by atoms with Crippen molar-refractivity contribution >= 4 is 28.6 Å². The Bertz CT molecular complexity index is 1340. The van der Waals surface area contributed by atoms with Gasteiger partial charge in [-0.05, 0) is 48.4 Å². The van der Waals surface area contributed by atoms with Crippen LogP contribution in [0.2, 0.25) is 0 Å². The maximum absolute atomic E-state index is 13.5. The van der Waals surface area contributed by atoms with Gasteiger partial charge in [0.25, 0.3) is 5.56 Å². The van der Waals surface area contributed by atoms with E-state index < -0.39 is 5.25 Å². The van der Waals surface area contributed by atoms with Crippen LogP contribution in [0.25, 0.3) is 10.9 Å². The first kappa shape index (κ1) is 22.7. The smallest absolute Gasteiger partial charge is 0.262 e. The van der Waals surface area contributed by atoms with Gasteiger partial charge in [0.1, 0.15) is 5.82 Å². The number of hydrogen-bond acceptors (Lipinski definition) is 5. The van der Waals surface area contributed by atoms with Gasteiger partial charge in [-0.25, -0.2) is 9.37 Å². The molecule has 0 bridgehead atoms. The number of rotatable bonds is 7. The van der Waals surface area contributed by atoms with Gasteiger partial charge in [0.15, 0.2) is 5.16 Å². The van der Waals surface area contributed by atoms with E-state index in [1.807, 2.05) is 18.2 Å². The molecule has 0 saturated heterocycles. The SMILES string of the molecule is CC(Sc1nc2ccccc2c(=O)n1Cc1cccnc1)C(=O)N(C)Cc1cccc(F)c1. The fourth-order valence-electron chi connectivity index (χ4n) is 3.56. The van der Waals surface area contributed by atoms with Crippen molar-refractivity contribution in [1.29, 1.82) is 0 Å². The molecule has 1 unspecified atom stereocenters. The van der Waals surface area contributed by atoms with Gasteiger partial charge < -0.3 is 4.90 Å². The monoisotopic (exact) mass is 462 g/mol. The Labute approximate surface area is 195 Å². The Kier molecular flexibility index (Phi) is 6.84. The lowest BCUT2D eigenvalue weighted by Gasteiger charge is -2.22. The van der Waals surface area contributed by atoms with Crippen LogP contribution in [0.4, 0.5) is 4.39 Å². The second kappa shape index (κ2) is 9.95. The molecule has 33 heavy (non-hydrogen) atoms. The highest BCUT2D eigenvalue weighted by molar-refractivity contribution is 8.00. The van der Waals surface area contributed by atoms with E-state index in [-0.39, 0.29) is 23.8 Å². The van der Waals surface area contributed by atoms with Crippen molar-refractivity contribution in [3.8, 4) is 0 Å². The third-order valence-corrected chi connectivity index (χ3v) is 6.28. The molecule has 2 aromatic heterocycles.